The van der Waals surface area contributed by atoms with E-state index in [9.17, 15) is 9.00 Å². The van der Waals surface area contributed by atoms with Crippen molar-refractivity contribution in [3.63, 3.8) is 0 Å². The predicted molar refractivity (Wildman–Crippen MR) is 96.6 cm³/mol. The second-order valence-electron chi connectivity index (χ2n) is 5.57. The Labute approximate surface area is 140 Å². The highest BCUT2D eigenvalue weighted by Gasteiger charge is 2.06. The van der Waals surface area contributed by atoms with Crippen molar-refractivity contribution >= 4 is 22.4 Å². The average molecular weight is 329 g/mol. The maximum Gasteiger partial charge on any atom is 0.224 e. The third-order valence-corrected chi connectivity index (χ3v) is 4.78. The Morgan fingerprint density at radius 1 is 1.00 bits per heavy atom. The van der Waals surface area contributed by atoms with Crippen molar-refractivity contribution in [2.75, 3.05) is 5.32 Å². The average Bonchev–Trinajstić information content (AvgIpc) is 2.54. The highest BCUT2D eigenvalue weighted by molar-refractivity contribution is 7.83. The standard InChI is InChI=1S/C19H23NO2S/c1-2-3-12-19(21)20-18-11-7-10-17(13-18)15-23(22)14-16-8-5-4-6-9-16/h4-11,13H,2-3,12,14-15H2,1H3,(H,20,21)/t23-/m1/s1. The quantitative estimate of drug-likeness (QED) is 0.786. The summed E-state index contributed by atoms with van der Waals surface area (Å²) in [5, 5.41) is 2.90. The normalized spacial score (nSPS) is 11.9. The number of hydrogen-bond donors (Lipinski definition) is 1. The first-order chi connectivity index (χ1) is 11.2. The van der Waals surface area contributed by atoms with Crippen molar-refractivity contribution in [3.8, 4) is 0 Å². The molecule has 0 heterocycles. The molecule has 2 aromatic carbocycles. The lowest BCUT2D eigenvalue weighted by Crippen LogP contribution is -2.11. The van der Waals surface area contributed by atoms with E-state index in [1.165, 1.54) is 0 Å². The minimum absolute atomic E-state index is 0.0365. The fraction of sp³-hybridized carbons (Fsp3) is 0.316. The molecule has 0 aliphatic rings. The summed E-state index contributed by atoms with van der Waals surface area (Å²) >= 11 is 0. The molecular formula is C19H23NO2S. The van der Waals surface area contributed by atoms with Crippen LogP contribution in [0.5, 0.6) is 0 Å². The van der Waals surface area contributed by atoms with Gasteiger partial charge in [-0.2, -0.15) is 0 Å². The fourth-order valence-electron chi connectivity index (χ4n) is 2.30. The van der Waals surface area contributed by atoms with Gasteiger partial charge in [0.2, 0.25) is 5.91 Å². The van der Waals surface area contributed by atoms with Gasteiger partial charge in [-0.3, -0.25) is 9.00 Å². The van der Waals surface area contributed by atoms with Crippen LogP contribution in [0.1, 0.15) is 37.3 Å². The van der Waals surface area contributed by atoms with Gasteiger partial charge in [0.05, 0.1) is 0 Å². The molecule has 4 heteroatoms. The van der Waals surface area contributed by atoms with Crippen molar-refractivity contribution in [3.05, 3.63) is 65.7 Å². The number of hydrogen-bond acceptors (Lipinski definition) is 2. The first-order valence-corrected chi connectivity index (χ1v) is 9.44. The summed E-state index contributed by atoms with van der Waals surface area (Å²) in [6, 6.07) is 17.5. The van der Waals surface area contributed by atoms with Crippen molar-refractivity contribution in [1.29, 1.82) is 0 Å². The molecule has 0 aromatic heterocycles. The van der Waals surface area contributed by atoms with Gasteiger partial charge >= 0.3 is 0 Å². The molecule has 2 aromatic rings. The van der Waals surface area contributed by atoms with E-state index in [-0.39, 0.29) is 5.91 Å². The maximum absolute atomic E-state index is 12.3. The van der Waals surface area contributed by atoms with Crippen LogP contribution >= 0.6 is 0 Å². The summed E-state index contributed by atoms with van der Waals surface area (Å²) in [6.45, 7) is 2.07. The van der Waals surface area contributed by atoms with Crippen molar-refractivity contribution in [1.82, 2.24) is 0 Å². The van der Waals surface area contributed by atoms with Crippen molar-refractivity contribution in [2.24, 2.45) is 0 Å². The van der Waals surface area contributed by atoms with E-state index in [2.05, 4.69) is 12.2 Å². The zero-order chi connectivity index (χ0) is 16.5. The van der Waals surface area contributed by atoms with Gasteiger partial charge < -0.3 is 5.32 Å². The van der Waals surface area contributed by atoms with Gasteiger partial charge in [0.1, 0.15) is 0 Å². The topological polar surface area (TPSA) is 46.2 Å². The van der Waals surface area contributed by atoms with Gasteiger partial charge in [0.25, 0.3) is 0 Å². The van der Waals surface area contributed by atoms with E-state index >= 15 is 0 Å². The maximum atomic E-state index is 12.3. The smallest absolute Gasteiger partial charge is 0.224 e. The number of benzene rings is 2. The molecule has 1 N–H and O–H groups in total. The first-order valence-electron chi connectivity index (χ1n) is 7.95. The minimum Gasteiger partial charge on any atom is -0.326 e. The Balaban J connectivity index is 1.91. The number of anilines is 1. The van der Waals surface area contributed by atoms with Gasteiger partial charge in [-0.15, -0.1) is 0 Å². The van der Waals surface area contributed by atoms with E-state index in [4.69, 9.17) is 0 Å². The molecule has 0 bridgehead atoms. The third-order valence-electron chi connectivity index (χ3n) is 3.47. The summed E-state index contributed by atoms with van der Waals surface area (Å²) < 4.78 is 12.3. The molecule has 0 saturated carbocycles. The molecule has 0 saturated heterocycles. The number of carbonyl (C=O) groups excluding carboxylic acids is 1. The summed E-state index contributed by atoms with van der Waals surface area (Å²) in [5.41, 5.74) is 2.84. The van der Waals surface area contributed by atoms with E-state index in [0.29, 0.717) is 17.9 Å². The largest absolute Gasteiger partial charge is 0.326 e. The van der Waals surface area contributed by atoms with Crippen LogP contribution in [-0.4, -0.2) is 10.1 Å². The second kappa shape index (κ2) is 9.26. The summed E-state index contributed by atoms with van der Waals surface area (Å²) in [7, 11) is -0.960. The minimum atomic E-state index is -0.960. The molecular weight excluding hydrogens is 306 g/mol. The third kappa shape index (κ3) is 6.37. The molecule has 122 valence electrons. The van der Waals surface area contributed by atoms with Gasteiger partial charge in [-0.25, -0.2) is 0 Å². The molecule has 0 aliphatic heterocycles. The molecule has 0 spiro atoms. The molecule has 0 aliphatic carbocycles. The molecule has 1 amide bonds. The van der Waals surface area contributed by atoms with Gasteiger partial charge in [0, 0.05) is 34.4 Å². The van der Waals surface area contributed by atoms with Crippen LogP contribution in [-0.2, 0) is 27.1 Å². The number of amides is 1. The van der Waals surface area contributed by atoms with E-state index in [1.807, 2.05) is 54.6 Å². The number of rotatable bonds is 8. The fourth-order valence-corrected chi connectivity index (χ4v) is 3.51. The van der Waals surface area contributed by atoms with Crippen LogP contribution in [0, 0.1) is 0 Å². The highest BCUT2D eigenvalue weighted by Crippen LogP contribution is 2.15. The SMILES string of the molecule is CCCCC(=O)Nc1cccc(C[S@](=O)Cc2ccccc2)c1. The molecule has 0 unspecified atom stereocenters. The number of carbonyl (C=O) groups is 1. The van der Waals surface area contributed by atoms with Crippen LogP contribution in [0.25, 0.3) is 0 Å². The van der Waals surface area contributed by atoms with Gasteiger partial charge in [0.15, 0.2) is 0 Å². The molecule has 0 fully saturated rings. The monoisotopic (exact) mass is 329 g/mol. The summed E-state index contributed by atoms with van der Waals surface area (Å²) in [5.74, 6) is 1.08. The number of nitrogens with one attached hydrogen (secondary N) is 1. The Kier molecular flexibility index (Phi) is 7.01. The summed E-state index contributed by atoms with van der Waals surface area (Å²) in [6.07, 6.45) is 2.44. The predicted octanol–water partition coefficient (Wildman–Crippen LogP) is 4.26. The molecule has 3 nitrogen and oxygen atoms in total. The lowest BCUT2D eigenvalue weighted by molar-refractivity contribution is -0.116. The van der Waals surface area contributed by atoms with Gasteiger partial charge in [-0.05, 0) is 29.7 Å². The molecule has 1 atom stereocenters. The zero-order valence-electron chi connectivity index (χ0n) is 13.5. The Morgan fingerprint density at radius 3 is 2.43 bits per heavy atom. The Hall–Kier alpha value is -1.94. The lowest BCUT2D eigenvalue weighted by Gasteiger charge is -2.08. The molecule has 2 rings (SSSR count). The highest BCUT2D eigenvalue weighted by atomic mass is 32.2. The van der Waals surface area contributed by atoms with Crippen LogP contribution < -0.4 is 5.32 Å². The Morgan fingerprint density at radius 2 is 1.70 bits per heavy atom. The second-order valence-corrected chi connectivity index (χ2v) is 7.02. The van der Waals surface area contributed by atoms with Crippen LogP contribution in [0.3, 0.4) is 0 Å². The van der Waals surface area contributed by atoms with E-state index in [1.54, 1.807) is 0 Å². The van der Waals surface area contributed by atoms with E-state index < -0.39 is 10.8 Å². The number of unbranched alkanes of at least 4 members (excludes halogenated alkanes) is 1. The lowest BCUT2D eigenvalue weighted by atomic mass is 10.2. The summed E-state index contributed by atoms with van der Waals surface area (Å²) in [4.78, 5) is 11.8. The van der Waals surface area contributed by atoms with Crippen LogP contribution in [0.2, 0.25) is 0 Å². The molecule has 0 radical (unpaired) electrons. The van der Waals surface area contributed by atoms with Crippen molar-refractivity contribution < 1.29 is 9.00 Å². The molecule has 23 heavy (non-hydrogen) atoms. The van der Waals surface area contributed by atoms with Crippen molar-refractivity contribution in [2.45, 2.75) is 37.7 Å². The van der Waals surface area contributed by atoms with Gasteiger partial charge in [-0.1, -0.05) is 55.8 Å². The van der Waals surface area contributed by atoms with Crippen LogP contribution in [0.15, 0.2) is 54.6 Å². The van der Waals surface area contributed by atoms with Crippen LogP contribution in [0.4, 0.5) is 5.69 Å². The Bertz CT molecular complexity index is 655. The van der Waals surface area contributed by atoms with E-state index in [0.717, 1.165) is 29.7 Å². The first kappa shape index (κ1) is 17.4. The zero-order valence-corrected chi connectivity index (χ0v) is 14.3.